The van der Waals surface area contributed by atoms with Gasteiger partial charge in [0, 0.05) is 0 Å². The molecule has 0 saturated heterocycles. The molecule has 0 heterocycles. The Morgan fingerprint density at radius 3 is 2.68 bits per heavy atom. The molecular formula is C13H17FN2O3. The Morgan fingerprint density at radius 2 is 2.11 bits per heavy atom. The Balaban J connectivity index is 2.69. The number of nitrogens with one attached hydrogen (secondary N) is 2. The van der Waals surface area contributed by atoms with E-state index in [0.29, 0.717) is 18.4 Å². The lowest BCUT2D eigenvalue weighted by Gasteiger charge is -2.14. The molecule has 104 valence electrons. The molecule has 0 saturated carbocycles. The summed E-state index contributed by atoms with van der Waals surface area (Å²) in [6.45, 7) is 3.39. The van der Waals surface area contributed by atoms with Gasteiger partial charge in [-0.05, 0) is 25.0 Å². The number of benzene rings is 1. The summed E-state index contributed by atoms with van der Waals surface area (Å²) >= 11 is 0. The van der Waals surface area contributed by atoms with Gasteiger partial charge in [-0.3, -0.25) is 0 Å². The molecular weight excluding hydrogens is 251 g/mol. The molecule has 1 aromatic rings. The van der Waals surface area contributed by atoms with Gasteiger partial charge < -0.3 is 15.7 Å². The zero-order valence-electron chi connectivity index (χ0n) is 10.9. The molecule has 0 bridgehead atoms. The van der Waals surface area contributed by atoms with Crippen LogP contribution in [0.3, 0.4) is 0 Å². The number of halogens is 1. The summed E-state index contributed by atoms with van der Waals surface area (Å²) in [5, 5.41) is 13.5. The van der Waals surface area contributed by atoms with E-state index in [0.717, 1.165) is 0 Å². The van der Waals surface area contributed by atoms with Gasteiger partial charge in [0.1, 0.15) is 11.9 Å². The number of amides is 2. The number of rotatable bonds is 5. The minimum absolute atomic E-state index is 0.0261. The van der Waals surface area contributed by atoms with Crippen molar-refractivity contribution < 1.29 is 19.1 Å². The Bertz CT molecular complexity index is 477. The number of carbonyl (C=O) groups excluding carboxylic acids is 1. The first kappa shape index (κ1) is 14.9. The molecule has 0 aromatic heterocycles. The molecule has 0 aliphatic heterocycles. The van der Waals surface area contributed by atoms with E-state index in [-0.39, 0.29) is 5.69 Å². The molecule has 6 heteroatoms. The van der Waals surface area contributed by atoms with Gasteiger partial charge >= 0.3 is 12.0 Å². The van der Waals surface area contributed by atoms with E-state index in [2.05, 4.69) is 10.6 Å². The van der Waals surface area contributed by atoms with Crippen LogP contribution in [0.1, 0.15) is 25.3 Å². The summed E-state index contributed by atoms with van der Waals surface area (Å²) in [4.78, 5) is 22.5. The monoisotopic (exact) mass is 268 g/mol. The second kappa shape index (κ2) is 6.72. The highest BCUT2D eigenvalue weighted by atomic mass is 19.1. The van der Waals surface area contributed by atoms with Crippen LogP contribution in [0.15, 0.2) is 18.2 Å². The van der Waals surface area contributed by atoms with Crippen molar-refractivity contribution in [2.45, 2.75) is 32.7 Å². The Morgan fingerprint density at radius 1 is 1.42 bits per heavy atom. The first-order chi connectivity index (χ1) is 8.95. The van der Waals surface area contributed by atoms with E-state index in [1.807, 2.05) is 6.92 Å². The smallest absolute Gasteiger partial charge is 0.326 e. The van der Waals surface area contributed by atoms with Crippen LogP contribution in [0, 0.1) is 12.7 Å². The quantitative estimate of drug-likeness (QED) is 0.767. The van der Waals surface area contributed by atoms with Gasteiger partial charge in [-0.2, -0.15) is 0 Å². The molecule has 1 atom stereocenters. The minimum atomic E-state index is -1.11. The summed E-state index contributed by atoms with van der Waals surface area (Å²) in [6.07, 6.45) is 0.940. The van der Waals surface area contributed by atoms with Crippen LogP contribution in [-0.4, -0.2) is 23.1 Å². The zero-order valence-corrected chi connectivity index (χ0v) is 10.9. The van der Waals surface area contributed by atoms with Gasteiger partial charge in [0.25, 0.3) is 0 Å². The number of carbonyl (C=O) groups is 2. The van der Waals surface area contributed by atoms with Crippen molar-refractivity contribution in [3.63, 3.8) is 0 Å². The first-order valence-electron chi connectivity index (χ1n) is 6.01. The zero-order chi connectivity index (χ0) is 14.4. The fraction of sp³-hybridized carbons (Fsp3) is 0.385. The number of aliphatic carboxylic acids is 1. The summed E-state index contributed by atoms with van der Waals surface area (Å²) in [5.74, 6) is -1.64. The lowest BCUT2D eigenvalue weighted by atomic mass is 10.2. The first-order valence-corrected chi connectivity index (χ1v) is 6.01. The van der Waals surface area contributed by atoms with Crippen LogP contribution in [0.2, 0.25) is 0 Å². The lowest BCUT2D eigenvalue weighted by Crippen LogP contribution is -2.43. The molecule has 0 spiro atoms. The normalized spacial score (nSPS) is 11.7. The largest absolute Gasteiger partial charge is 0.480 e. The van der Waals surface area contributed by atoms with Gasteiger partial charge in [-0.1, -0.05) is 25.5 Å². The third-order valence-electron chi connectivity index (χ3n) is 2.62. The average molecular weight is 268 g/mol. The van der Waals surface area contributed by atoms with Gasteiger partial charge in [0.15, 0.2) is 0 Å². The second-order valence-electron chi connectivity index (χ2n) is 4.21. The second-order valence-corrected chi connectivity index (χ2v) is 4.21. The Hall–Kier alpha value is -2.11. The molecule has 19 heavy (non-hydrogen) atoms. The van der Waals surface area contributed by atoms with Crippen molar-refractivity contribution in [3.05, 3.63) is 29.6 Å². The molecule has 1 rings (SSSR count). The van der Waals surface area contributed by atoms with E-state index in [1.54, 1.807) is 19.1 Å². The van der Waals surface area contributed by atoms with E-state index in [9.17, 15) is 14.0 Å². The average Bonchev–Trinajstić information content (AvgIpc) is 2.34. The van der Waals surface area contributed by atoms with Crippen LogP contribution in [0.25, 0.3) is 0 Å². The standard InChI is InChI=1S/C13H17FN2O3/c1-3-5-10(12(17)18)16-13(19)15-9-7-4-6-8(2)11(9)14/h4,6-7,10H,3,5H2,1-2H3,(H,17,18)(H2,15,16,19)/t10-/m0/s1. The maximum atomic E-state index is 13.6. The molecule has 0 aliphatic rings. The van der Waals surface area contributed by atoms with Crippen LogP contribution < -0.4 is 10.6 Å². The molecule has 1 aromatic carbocycles. The Kier molecular flexibility index (Phi) is 5.29. The number of hydrogen-bond acceptors (Lipinski definition) is 2. The topological polar surface area (TPSA) is 78.4 Å². The highest BCUT2D eigenvalue weighted by Crippen LogP contribution is 2.16. The summed E-state index contributed by atoms with van der Waals surface area (Å²) < 4.78 is 13.6. The van der Waals surface area contributed by atoms with Gasteiger partial charge in [-0.25, -0.2) is 14.0 Å². The summed E-state index contributed by atoms with van der Waals surface area (Å²) in [7, 11) is 0. The number of carboxylic acids is 1. The fourth-order valence-corrected chi connectivity index (χ4v) is 1.61. The molecule has 0 fully saturated rings. The third-order valence-corrected chi connectivity index (χ3v) is 2.62. The van der Waals surface area contributed by atoms with Crippen molar-refractivity contribution in [1.29, 1.82) is 0 Å². The van der Waals surface area contributed by atoms with E-state index in [1.165, 1.54) is 6.07 Å². The minimum Gasteiger partial charge on any atom is -0.480 e. The predicted molar refractivity (Wildman–Crippen MR) is 69.6 cm³/mol. The van der Waals surface area contributed by atoms with E-state index >= 15 is 0 Å². The molecule has 3 N–H and O–H groups in total. The van der Waals surface area contributed by atoms with Gasteiger partial charge in [0.05, 0.1) is 5.69 Å². The SMILES string of the molecule is CCC[C@H](NC(=O)Nc1cccc(C)c1F)C(=O)O. The van der Waals surface area contributed by atoms with Crippen molar-refractivity contribution in [2.75, 3.05) is 5.32 Å². The number of hydrogen-bond donors (Lipinski definition) is 3. The van der Waals surface area contributed by atoms with Crippen molar-refractivity contribution in [3.8, 4) is 0 Å². The predicted octanol–water partition coefficient (Wildman–Crippen LogP) is 2.51. The number of aryl methyl sites for hydroxylation is 1. The van der Waals surface area contributed by atoms with Crippen molar-refractivity contribution >= 4 is 17.7 Å². The molecule has 0 aliphatic carbocycles. The Labute approximate surface area is 110 Å². The highest BCUT2D eigenvalue weighted by molar-refractivity contribution is 5.92. The van der Waals surface area contributed by atoms with Crippen LogP contribution in [0.4, 0.5) is 14.9 Å². The number of urea groups is 1. The molecule has 0 radical (unpaired) electrons. The number of anilines is 1. The maximum Gasteiger partial charge on any atom is 0.326 e. The van der Waals surface area contributed by atoms with Crippen molar-refractivity contribution in [2.24, 2.45) is 0 Å². The van der Waals surface area contributed by atoms with E-state index < -0.39 is 23.9 Å². The highest BCUT2D eigenvalue weighted by Gasteiger charge is 2.19. The van der Waals surface area contributed by atoms with E-state index in [4.69, 9.17) is 5.11 Å². The van der Waals surface area contributed by atoms with Crippen LogP contribution >= 0.6 is 0 Å². The molecule has 2 amide bonds. The van der Waals surface area contributed by atoms with Crippen LogP contribution in [-0.2, 0) is 4.79 Å². The number of carboxylic acid groups (broad SMARTS) is 1. The fourth-order valence-electron chi connectivity index (χ4n) is 1.61. The van der Waals surface area contributed by atoms with Crippen molar-refractivity contribution in [1.82, 2.24) is 5.32 Å². The third kappa shape index (κ3) is 4.24. The summed E-state index contributed by atoms with van der Waals surface area (Å²) in [6, 6.07) is 2.89. The van der Waals surface area contributed by atoms with Gasteiger partial charge in [-0.15, -0.1) is 0 Å². The molecule has 0 unspecified atom stereocenters. The summed E-state index contributed by atoms with van der Waals surface area (Å²) in [5.41, 5.74) is 0.430. The maximum absolute atomic E-state index is 13.6. The van der Waals surface area contributed by atoms with Gasteiger partial charge in [0.2, 0.25) is 0 Å². The lowest BCUT2D eigenvalue weighted by molar-refractivity contribution is -0.139. The molecule has 5 nitrogen and oxygen atoms in total. The van der Waals surface area contributed by atoms with Crippen LogP contribution in [0.5, 0.6) is 0 Å².